The summed E-state index contributed by atoms with van der Waals surface area (Å²) in [7, 11) is 0. The van der Waals surface area contributed by atoms with E-state index in [4.69, 9.17) is 23.2 Å². The Morgan fingerprint density at radius 1 is 1.40 bits per heavy atom. The molecule has 1 nitrogen and oxygen atoms in total. The molecule has 0 saturated heterocycles. The van der Waals surface area contributed by atoms with Gasteiger partial charge in [0.05, 0.1) is 0 Å². The van der Waals surface area contributed by atoms with E-state index in [-0.39, 0.29) is 5.41 Å². The monoisotopic (exact) mass is 180 g/mol. The van der Waals surface area contributed by atoms with Crippen LogP contribution in [0.2, 0.25) is 0 Å². The molecule has 0 spiro atoms. The van der Waals surface area contributed by atoms with Gasteiger partial charge < -0.3 is 0 Å². The number of hydrogen-bond donors (Lipinski definition) is 0. The van der Waals surface area contributed by atoms with Crippen LogP contribution in [0, 0.1) is 5.41 Å². The van der Waals surface area contributed by atoms with E-state index in [1.54, 1.807) is 0 Å². The molecular weight excluding hydrogens is 171 g/mol. The van der Waals surface area contributed by atoms with E-state index in [0.717, 1.165) is 0 Å². The van der Waals surface area contributed by atoms with Crippen molar-refractivity contribution in [3.8, 4) is 0 Å². The van der Waals surface area contributed by atoms with Crippen LogP contribution in [0.15, 0.2) is 0 Å². The van der Waals surface area contributed by atoms with E-state index < -0.39 is 10.1 Å². The van der Waals surface area contributed by atoms with Gasteiger partial charge in [0, 0.05) is 0 Å². The van der Waals surface area contributed by atoms with Gasteiger partial charge in [-0.1, -0.05) is 13.8 Å². The van der Waals surface area contributed by atoms with Crippen LogP contribution < -0.4 is 0 Å². The number of rotatable bonds is 1. The van der Waals surface area contributed by atoms with Crippen molar-refractivity contribution in [2.75, 3.05) is 0 Å². The number of carbonyl (C=O) groups is 1. The van der Waals surface area contributed by atoms with Crippen LogP contribution in [-0.2, 0) is 4.79 Å². The Bertz CT molecular complexity index is 166. The molecule has 0 aromatic carbocycles. The molecule has 0 atom stereocenters. The van der Waals surface area contributed by atoms with Gasteiger partial charge in [0.25, 0.3) is 0 Å². The van der Waals surface area contributed by atoms with Crippen LogP contribution in [-0.4, -0.2) is 10.1 Å². The number of halogens is 2. The molecular formula is C7H10Cl2O. The fourth-order valence-corrected chi connectivity index (χ4v) is 2.46. The van der Waals surface area contributed by atoms with Gasteiger partial charge in [0.2, 0.25) is 5.24 Å². The molecule has 0 aliphatic heterocycles. The van der Waals surface area contributed by atoms with Gasteiger partial charge in [-0.2, -0.15) is 0 Å². The third-order valence-electron chi connectivity index (χ3n) is 1.87. The van der Waals surface area contributed by atoms with Gasteiger partial charge in [-0.15, -0.1) is 11.6 Å². The van der Waals surface area contributed by atoms with Gasteiger partial charge in [0.1, 0.15) is 4.87 Å². The summed E-state index contributed by atoms with van der Waals surface area (Å²) in [5.74, 6) is 0. The van der Waals surface area contributed by atoms with Crippen molar-refractivity contribution in [2.24, 2.45) is 5.41 Å². The van der Waals surface area contributed by atoms with Gasteiger partial charge in [0.15, 0.2) is 0 Å². The summed E-state index contributed by atoms with van der Waals surface area (Å²) in [5.41, 5.74) is 0.201. The molecule has 10 heavy (non-hydrogen) atoms. The second-order valence-electron chi connectivity index (χ2n) is 3.76. The minimum atomic E-state index is -0.745. The second-order valence-corrected chi connectivity index (χ2v) is 4.82. The summed E-state index contributed by atoms with van der Waals surface area (Å²) >= 11 is 11.1. The molecule has 1 aliphatic carbocycles. The van der Waals surface area contributed by atoms with Gasteiger partial charge in [-0.25, -0.2) is 0 Å². The molecule has 0 aromatic heterocycles. The third-order valence-corrected chi connectivity index (χ3v) is 2.77. The molecule has 0 N–H and O–H groups in total. The Morgan fingerprint density at radius 3 is 1.90 bits per heavy atom. The fourth-order valence-electron chi connectivity index (χ4n) is 1.60. The summed E-state index contributed by atoms with van der Waals surface area (Å²) in [6, 6.07) is 0. The zero-order valence-corrected chi connectivity index (χ0v) is 7.59. The van der Waals surface area contributed by atoms with E-state index in [1.807, 2.05) is 0 Å². The first-order valence-electron chi connectivity index (χ1n) is 3.25. The fraction of sp³-hybridized carbons (Fsp3) is 0.857. The molecule has 1 fully saturated rings. The van der Waals surface area contributed by atoms with Crippen molar-refractivity contribution in [1.82, 2.24) is 0 Å². The summed E-state index contributed by atoms with van der Waals surface area (Å²) in [6.45, 7) is 4.15. The molecule has 1 saturated carbocycles. The molecule has 1 rings (SSSR count). The Hall–Kier alpha value is 0.250. The molecule has 0 heterocycles. The van der Waals surface area contributed by atoms with Crippen LogP contribution >= 0.6 is 23.2 Å². The first-order valence-corrected chi connectivity index (χ1v) is 4.00. The largest absolute Gasteiger partial charge is 0.279 e. The standard InChI is InChI=1S/C7H10Cl2O/c1-6(2)3-7(9,4-6)5(8)10/h3-4H2,1-2H3. The first-order chi connectivity index (χ1) is 4.36. The predicted molar refractivity (Wildman–Crippen MR) is 42.5 cm³/mol. The average Bonchev–Trinajstić information content (AvgIpc) is 1.59. The minimum Gasteiger partial charge on any atom is -0.279 e. The topological polar surface area (TPSA) is 17.1 Å². The van der Waals surface area contributed by atoms with Gasteiger partial charge in [-0.05, 0) is 29.9 Å². The maximum atomic E-state index is 10.7. The predicted octanol–water partition coefficient (Wildman–Crippen LogP) is 2.55. The van der Waals surface area contributed by atoms with Crippen molar-refractivity contribution in [2.45, 2.75) is 31.6 Å². The first kappa shape index (κ1) is 8.35. The average molecular weight is 181 g/mol. The molecule has 3 heteroatoms. The number of carbonyl (C=O) groups excluding carboxylic acids is 1. The molecule has 0 bridgehead atoms. The van der Waals surface area contributed by atoms with E-state index in [9.17, 15) is 4.79 Å². The van der Waals surface area contributed by atoms with Crippen molar-refractivity contribution in [3.63, 3.8) is 0 Å². The summed E-state index contributed by atoms with van der Waals surface area (Å²) in [6.07, 6.45) is 1.40. The quantitative estimate of drug-likeness (QED) is 0.448. The van der Waals surface area contributed by atoms with E-state index in [1.165, 1.54) is 0 Å². The van der Waals surface area contributed by atoms with Crippen molar-refractivity contribution in [3.05, 3.63) is 0 Å². The van der Waals surface area contributed by atoms with Gasteiger partial charge >= 0.3 is 0 Å². The molecule has 0 radical (unpaired) electrons. The molecule has 0 unspecified atom stereocenters. The van der Waals surface area contributed by atoms with Gasteiger partial charge in [-0.3, -0.25) is 4.79 Å². The Labute approximate surface area is 70.7 Å². The Balaban J connectivity index is 2.58. The summed E-state index contributed by atoms with van der Waals surface area (Å²) < 4.78 is 0. The highest BCUT2D eigenvalue weighted by molar-refractivity contribution is 6.70. The lowest BCUT2D eigenvalue weighted by molar-refractivity contribution is -0.118. The van der Waals surface area contributed by atoms with E-state index in [0.29, 0.717) is 12.8 Å². The molecule has 1 aliphatic rings. The highest BCUT2D eigenvalue weighted by atomic mass is 35.5. The maximum absolute atomic E-state index is 10.7. The SMILES string of the molecule is CC1(C)CC(Cl)(C(=O)Cl)C1. The minimum absolute atomic E-state index is 0.201. The molecule has 58 valence electrons. The van der Waals surface area contributed by atoms with E-state index >= 15 is 0 Å². The molecule has 0 amide bonds. The lowest BCUT2D eigenvalue weighted by atomic mass is 9.64. The smallest absolute Gasteiger partial charge is 0.242 e. The van der Waals surface area contributed by atoms with Crippen LogP contribution in [0.3, 0.4) is 0 Å². The number of hydrogen-bond acceptors (Lipinski definition) is 1. The highest BCUT2D eigenvalue weighted by Crippen LogP contribution is 2.52. The summed E-state index contributed by atoms with van der Waals surface area (Å²) in [4.78, 5) is 9.92. The lowest BCUT2D eigenvalue weighted by Gasteiger charge is -2.46. The van der Waals surface area contributed by atoms with Crippen LogP contribution in [0.4, 0.5) is 0 Å². The number of alkyl halides is 1. The normalized spacial score (nSPS) is 27.2. The Kier molecular flexibility index (Phi) is 1.77. The van der Waals surface area contributed by atoms with Crippen molar-refractivity contribution in [1.29, 1.82) is 0 Å². The lowest BCUT2D eigenvalue weighted by Crippen LogP contribution is -2.48. The third kappa shape index (κ3) is 1.30. The van der Waals surface area contributed by atoms with Crippen LogP contribution in [0.25, 0.3) is 0 Å². The zero-order chi connectivity index (χ0) is 7.99. The van der Waals surface area contributed by atoms with Crippen LogP contribution in [0.1, 0.15) is 26.7 Å². The zero-order valence-electron chi connectivity index (χ0n) is 6.08. The molecule has 0 aromatic rings. The second kappa shape index (κ2) is 2.12. The summed E-state index contributed by atoms with van der Waals surface area (Å²) in [5, 5.41) is -0.409. The maximum Gasteiger partial charge on any atom is 0.242 e. The van der Waals surface area contributed by atoms with Crippen molar-refractivity contribution < 1.29 is 4.79 Å². The van der Waals surface area contributed by atoms with Crippen LogP contribution in [0.5, 0.6) is 0 Å². The Morgan fingerprint density at radius 2 is 1.80 bits per heavy atom. The van der Waals surface area contributed by atoms with Crippen molar-refractivity contribution >= 4 is 28.4 Å². The van der Waals surface area contributed by atoms with E-state index in [2.05, 4.69) is 13.8 Å². The highest BCUT2D eigenvalue weighted by Gasteiger charge is 2.52.